The second-order valence-corrected chi connectivity index (χ2v) is 8.58. The van der Waals surface area contributed by atoms with Gasteiger partial charge in [0.25, 0.3) is 5.56 Å². The smallest absolute Gasteiger partial charge is 0.266 e. The first-order valence-corrected chi connectivity index (χ1v) is 11.8. The Labute approximate surface area is 191 Å². The lowest BCUT2D eigenvalue weighted by atomic mass is 10.1. The molecule has 1 aromatic heterocycles. The summed E-state index contributed by atoms with van der Waals surface area (Å²) in [6.07, 6.45) is 4.78. The normalized spacial score (nSPS) is 12.2. The van der Waals surface area contributed by atoms with Crippen LogP contribution in [0.1, 0.15) is 75.9 Å². The Hall–Kier alpha value is -2.95. The lowest BCUT2D eigenvalue weighted by Gasteiger charge is -2.30. The van der Waals surface area contributed by atoms with Gasteiger partial charge in [-0.25, -0.2) is 4.98 Å². The van der Waals surface area contributed by atoms with E-state index < -0.39 is 0 Å². The molecule has 1 heterocycles. The maximum absolute atomic E-state index is 13.6. The maximum atomic E-state index is 13.6. The first kappa shape index (κ1) is 23.7. The standard InChI is InChI=1S/C27H35N3O2/c1-6-8-9-10-15-25(31)29(7-2)21(5)26-28-23-14-12-11-13-22(23)27(32)30(26)24-17-16-19(3)18-20(24)4/h11-14,16-18,21H,6-10,15H2,1-5H3. The van der Waals surface area contributed by atoms with E-state index >= 15 is 0 Å². The minimum absolute atomic E-state index is 0.101. The van der Waals surface area contributed by atoms with Crippen molar-refractivity contribution in [2.75, 3.05) is 6.54 Å². The van der Waals surface area contributed by atoms with Crippen LogP contribution in [0.25, 0.3) is 16.6 Å². The van der Waals surface area contributed by atoms with E-state index in [4.69, 9.17) is 4.98 Å². The molecule has 0 aliphatic rings. The van der Waals surface area contributed by atoms with Crippen molar-refractivity contribution in [1.29, 1.82) is 0 Å². The highest BCUT2D eigenvalue weighted by Gasteiger charge is 2.26. The molecule has 0 aliphatic heterocycles. The van der Waals surface area contributed by atoms with Crippen molar-refractivity contribution in [2.24, 2.45) is 0 Å². The third kappa shape index (κ3) is 4.93. The molecule has 32 heavy (non-hydrogen) atoms. The fourth-order valence-corrected chi connectivity index (χ4v) is 4.37. The zero-order chi connectivity index (χ0) is 23.3. The van der Waals surface area contributed by atoms with E-state index in [1.54, 1.807) is 4.57 Å². The van der Waals surface area contributed by atoms with E-state index in [0.29, 0.717) is 29.7 Å². The van der Waals surface area contributed by atoms with Gasteiger partial charge in [-0.3, -0.25) is 14.2 Å². The molecule has 1 amide bonds. The zero-order valence-corrected chi connectivity index (χ0v) is 20.0. The van der Waals surface area contributed by atoms with Crippen LogP contribution in [-0.4, -0.2) is 26.9 Å². The van der Waals surface area contributed by atoms with Crippen LogP contribution in [0.15, 0.2) is 47.3 Å². The molecule has 5 heteroatoms. The van der Waals surface area contributed by atoms with Gasteiger partial charge < -0.3 is 4.90 Å². The van der Waals surface area contributed by atoms with Gasteiger partial charge in [0, 0.05) is 13.0 Å². The van der Waals surface area contributed by atoms with Gasteiger partial charge >= 0.3 is 0 Å². The lowest BCUT2D eigenvalue weighted by Crippen LogP contribution is -2.37. The van der Waals surface area contributed by atoms with E-state index in [1.165, 1.54) is 0 Å². The highest BCUT2D eigenvalue weighted by Crippen LogP contribution is 2.25. The Morgan fingerprint density at radius 1 is 1.06 bits per heavy atom. The molecule has 0 bridgehead atoms. The molecule has 1 atom stereocenters. The summed E-state index contributed by atoms with van der Waals surface area (Å²) >= 11 is 0. The number of nitrogens with zero attached hydrogens (tertiary/aromatic N) is 3. The molecule has 2 aromatic carbocycles. The minimum Gasteiger partial charge on any atom is -0.333 e. The number of amides is 1. The van der Waals surface area contributed by atoms with Crippen LogP contribution in [0.5, 0.6) is 0 Å². The molecule has 0 N–H and O–H groups in total. The van der Waals surface area contributed by atoms with Gasteiger partial charge in [0.15, 0.2) is 0 Å². The van der Waals surface area contributed by atoms with Gasteiger partial charge in [0.05, 0.1) is 22.6 Å². The van der Waals surface area contributed by atoms with Crippen molar-refractivity contribution in [3.05, 3.63) is 69.8 Å². The van der Waals surface area contributed by atoms with Crippen LogP contribution in [0.2, 0.25) is 0 Å². The number of rotatable bonds is 9. The van der Waals surface area contributed by atoms with Crippen molar-refractivity contribution in [3.63, 3.8) is 0 Å². The number of aryl methyl sites for hydroxylation is 2. The number of carbonyl (C=O) groups is 1. The number of aromatic nitrogens is 2. The van der Waals surface area contributed by atoms with Crippen molar-refractivity contribution in [2.45, 2.75) is 72.8 Å². The molecule has 0 saturated heterocycles. The quantitative estimate of drug-likeness (QED) is 0.396. The number of hydrogen-bond acceptors (Lipinski definition) is 3. The van der Waals surface area contributed by atoms with Gasteiger partial charge in [-0.05, 0) is 57.9 Å². The first-order chi connectivity index (χ1) is 15.4. The monoisotopic (exact) mass is 433 g/mol. The fraction of sp³-hybridized carbons (Fsp3) is 0.444. The Morgan fingerprint density at radius 3 is 2.50 bits per heavy atom. The summed E-state index contributed by atoms with van der Waals surface area (Å²) in [5.74, 6) is 0.718. The number of unbranched alkanes of at least 4 members (excludes halogenated alkanes) is 3. The number of para-hydroxylation sites is 1. The predicted octanol–water partition coefficient (Wildman–Crippen LogP) is 5.88. The average molecular weight is 434 g/mol. The Morgan fingerprint density at radius 2 is 1.81 bits per heavy atom. The Bertz CT molecular complexity index is 1150. The van der Waals surface area contributed by atoms with Crippen LogP contribution in [0.4, 0.5) is 0 Å². The van der Waals surface area contributed by atoms with E-state index in [0.717, 1.165) is 42.5 Å². The third-order valence-corrected chi connectivity index (χ3v) is 6.14. The van der Waals surface area contributed by atoms with Crippen molar-refractivity contribution in [1.82, 2.24) is 14.5 Å². The van der Waals surface area contributed by atoms with Crippen molar-refractivity contribution < 1.29 is 4.79 Å². The summed E-state index contributed by atoms with van der Waals surface area (Å²) in [6, 6.07) is 13.2. The molecule has 3 rings (SSSR count). The maximum Gasteiger partial charge on any atom is 0.266 e. The highest BCUT2D eigenvalue weighted by molar-refractivity contribution is 5.79. The molecule has 0 fully saturated rings. The topological polar surface area (TPSA) is 55.2 Å². The largest absolute Gasteiger partial charge is 0.333 e. The van der Waals surface area contributed by atoms with Crippen LogP contribution in [0, 0.1) is 13.8 Å². The van der Waals surface area contributed by atoms with E-state index in [9.17, 15) is 9.59 Å². The summed E-state index contributed by atoms with van der Waals surface area (Å²) in [7, 11) is 0. The number of hydrogen-bond donors (Lipinski definition) is 0. The summed E-state index contributed by atoms with van der Waals surface area (Å²) in [6.45, 7) is 10.8. The Balaban J connectivity index is 2.11. The molecule has 0 radical (unpaired) electrons. The van der Waals surface area contributed by atoms with Gasteiger partial charge in [0.2, 0.25) is 5.91 Å². The second-order valence-electron chi connectivity index (χ2n) is 8.58. The van der Waals surface area contributed by atoms with Gasteiger partial charge in [-0.1, -0.05) is 56.0 Å². The SMILES string of the molecule is CCCCCCC(=O)N(CC)C(C)c1nc2ccccc2c(=O)n1-c1ccc(C)cc1C. The van der Waals surface area contributed by atoms with Crippen LogP contribution < -0.4 is 5.56 Å². The van der Waals surface area contributed by atoms with Gasteiger partial charge in [-0.2, -0.15) is 0 Å². The molecule has 0 aliphatic carbocycles. The number of fused-ring (bicyclic) bond motifs is 1. The first-order valence-electron chi connectivity index (χ1n) is 11.8. The van der Waals surface area contributed by atoms with Crippen LogP contribution >= 0.6 is 0 Å². The third-order valence-electron chi connectivity index (χ3n) is 6.14. The number of carbonyl (C=O) groups excluding carboxylic acids is 1. The molecule has 5 nitrogen and oxygen atoms in total. The summed E-state index contributed by atoms with van der Waals surface area (Å²) in [5.41, 5.74) is 3.52. The molecule has 3 aromatic rings. The van der Waals surface area contributed by atoms with Crippen LogP contribution in [-0.2, 0) is 4.79 Å². The van der Waals surface area contributed by atoms with Crippen molar-refractivity contribution in [3.8, 4) is 5.69 Å². The number of benzene rings is 2. The average Bonchev–Trinajstić information content (AvgIpc) is 2.78. The van der Waals surface area contributed by atoms with Gasteiger partial charge in [0.1, 0.15) is 5.82 Å². The zero-order valence-electron chi connectivity index (χ0n) is 20.0. The molecule has 0 spiro atoms. The highest BCUT2D eigenvalue weighted by atomic mass is 16.2. The van der Waals surface area contributed by atoms with Gasteiger partial charge in [-0.15, -0.1) is 0 Å². The molecule has 0 saturated carbocycles. The van der Waals surface area contributed by atoms with E-state index in [2.05, 4.69) is 13.0 Å². The molecule has 1 unspecified atom stereocenters. The second kappa shape index (κ2) is 10.6. The van der Waals surface area contributed by atoms with E-state index in [1.807, 2.05) is 69.0 Å². The molecular formula is C27H35N3O2. The fourth-order valence-electron chi connectivity index (χ4n) is 4.37. The lowest BCUT2D eigenvalue weighted by molar-refractivity contribution is -0.133. The van der Waals surface area contributed by atoms with E-state index in [-0.39, 0.29) is 17.5 Å². The predicted molar refractivity (Wildman–Crippen MR) is 131 cm³/mol. The summed E-state index contributed by atoms with van der Waals surface area (Å²) in [5, 5.41) is 0.581. The summed E-state index contributed by atoms with van der Waals surface area (Å²) < 4.78 is 1.70. The minimum atomic E-state index is -0.323. The molecule has 170 valence electrons. The van der Waals surface area contributed by atoms with Crippen molar-refractivity contribution >= 4 is 16.8 Å². The van der Waals surface area contributed by atoms with Crippen LogP contribution in [0.3, 0.4) is 0 Å². The Kier molecular flexibility index (Phi) is 7.84. The molecular weight excluding hydrogens is 398 g/mol. The summed E-state index contributed by atoms with van der Waals surface area (Å²) in [4.78, 5) is 33.5.